The lowest BCUT2D eigenvalue weighted by atomic mass is 10.00. The molecule has 2 atom stereocenters. The van der Waals surface area contributed by atoms with Crippen molar-refractivity contribution in [1.29, 1.82) is 0 Å². The van der Waals surface area contributed by atoms with E-state index in [1.54, 1.807) is 4.31 Å². The number of rotatable bonds is 8. The van der Waals surface area contributed by atoms with Crippen molar-refractivity contribution in [2.75, 3.05) is 24.1 Å². The summed E-state index contributed by atoms with van der Waals surface area (Å²) in [5.74, 6) is 0.192. The number of hydrogen-bond acceptors (Lipinski definition) is 4. The lowest BCUT2D eigenvalue weighted by Crippen LogP contribution is -2.55. The second-order valence-electron chi connectivity index (χ2n) is 8.90. The second kappa shape index (κ2) is 8.69. The highest BCUT2D eigenvalue weighted by Gasteiger charge is 2.47. The Hall–Kier alpha value is -2.09. The van der Waals surface area contributed by atoms with Crippen LogP contribution in [0.4, 0.5) is 5.69 Å². The van der Waals surface area contributed by atoms with E-state index < -0.39 is 10.0 Å². The summed E-state index contributed by atoms with van der Waals surface area (Å²) in [6.45, 7) is 0.675. The van der Waals surface area contributed by atoms with Crippen LogP contribution in [0.2, 0.25) is 5.02 Å². The molecular weight excluding hydrogens is 448 g/mol. The maximum absolute atomic E-state index is 13.4. The number of nitrogens with zero attached hydrogens (tertiary/aromatic N) is 2. The number of sulfonamides is 1. The number of anilines is 1. The van der Waals surface area contributed by atoms with Crippen molar-refractivity contribution in [2.45, 2.75) is 43.0 Å². The molecule has 2 aliphatic carbocycles. The molecule has 3 aliphatic rings. The standard InChI is InChI=1S/C24H27ClN2O4S/c25-19-10-8-18(9-11-19)23-15-31-16-24(28)27(23)22(17-6-7-17)14-26(20-4-2-1-3-5-20)32(29,30)21-12-13-21/h1-5,8-11,17,21-23H,6-7,12-16H2. The monoisotopic (exact) mass is 474 g/mol. The fourth-order valence-corrected chi connectivity index (χ4v) is 6.55. The van der Waals surface area contributed by atoms with Crippen LogP contribution in [0, 0.1) is 5.92 Å². The third-order valence-electron chi connectivity index (χ3n) is 6.55. The summed E-state index contributed by atoms with van der Waals surface area (Å²) in [6, 6.07) is 16.3. The van der Waals surface area contributed by atoms with Gasteiger partial charge in [0.15, 0.2) is 0 Å². The predicted octanol–water partition coefficient (Wildman–Crippen LogP) is 4.02. The summed E-state index contributed by atoms with van der Waals surface area (Å²) in [6.07, 6.45) is 3.39. The molecule has 2 aromatic carbocycles. The summed E-state index contributed by atoms with van der Waals surface area (Å²) in [7, 11) is -3.48. The zero-order valence-electron chi connectivity index (χ0n) is 17.8. The van der Waals surface area contributed by atoms with Crippen LogP contribution in [-0.2, 0) is 19.6 Å². The minimum absolute atomic E-state index is 0.0218. The Bertz CT molecular complexity index is 1070. The summed E-state index contributed by atoms with van der Waals surface area (Å²) < 4.78 is 34.0. The number of hydrogen-bond donors (Lipinski definition) is 0. The van der Waals surface area contributed by atoms with E-state index in [0.717, 1.165) is 18.4 Å². The van der Waals surface area contributed by atoms with Crippen LogP contribution in [0.5, 0.6) is 0 Å². The molecule has 2 unspecified atom stereocenters. The lowest BCUT2D eigenvalue weighted by molar-refractivity contribution is -0.152. The molecule has 1 amide bonds. The maximum atomic E-state index is 13.4. The Morgan fingerprint density at radius 2 is 1.72 bits per heavy atom. The number of carbonyl (C=O) groups excluding carboxylic acids is 1. The van der Waals surface area contributed by atoms with Gasteiger partial charge in [-0.15, -0.1) is 0 Å². The maximum Gasteiger partial charge on any atom is 0.249 e. The minimum Gasteiger partial charge on any atom is -0.369 e. The van der Waals surface area contributed by atoms with E-state index in [2.05, 4.69) is 0 Å². The molecule has 0 aromatic heterocycles. The van der Waals surface area contributed by atoms with Gasteiger partial charge in [0.1, 0.15) is 6.61 Å². The molecule has 0 radical (unpaired) electrons. The molecule has 1 saturated heterocycles. The van der Waals surface area contributed by atoms with Crippen molar-refractivity contribution in [2.24, 2.45) is 5.92 Å². The summed E-state index contributed by atoms with van der Waals surface area (Å²) in [5.41, 5.74) is 1.61. The average Bonchev–Trinajstić information content (AvgIpc) is 3.69. The summed E-state index contributed by atoms with van der Waals surface area (Å²) in [4.78, 5) is 15.0. The van der Waals surface area contributed by atoms with Gasteiger partial charge in [-0.2, -0.15) is 0 Å². The number of benzene rings is 2. The molecule has 0 N–H and O–H groups in total. The topological polar surface area (TPSA) is 66.9 Å². The van der Waals surface area contributed by atoms with Gasteiger partial charge in [0.2, 0.25) is 15.9 Å². The predicted molar refractivity (Wildman–Crippen MR) is 124 cm³/mol. The van der Waals surface area contributed by atoms with E-state index in [-0.39, 0.29) is 42.3 Å². The molecule has 3 fully saturated rings. The molecule has 170 valence electrons. The number of para-hydroxylation sites is 1. The first-order chi connectivity index (χ1) is 15.4. The Balaban J connectivity index is 1.50. The van der Waals surface area contributed by atoms with E-state index in [0.29, 0.717) is 30.2 Å². The first kappa shape index (κ1) is 21.7. The molecular formula is C24H27ClN2O4S. The largest absolute Gasteiger partial charge is 0.369 e. The highest BCUT2D eigenvalue weighted by Crippen LogP contribution is 2.42. The van der Waals surface area contributed by atoms with Crippen LogP contribution in [0.1, 0.15) is 37.3 Å². The Morgan fingerprint density at radius 3 is 2.34 bits per heavy atom. The number of morpholine rings is 1. The third kappa shape index (κ3) is 4.38. The molecule has 6 nitrogen and oxygen atoms in total. The third-order valence-corrected chi connectivity index (χ3v) is 9.09. The first-order valence-corrected chi connectivity index (χ1v) is 13.0. The summed E-state index contributed by atoms with van der Waals surface area (Å²) >= 11 is 6.08. The number of carbonyl (C=O) groups is 1. The van der Waals surface area contributed by atoms with E-state index in [1.807, 2.05) is 59.5 Å². The van der Waals surface area contributed by atoms with Gasteiger partial charge in [-0.25, -0.2) is 8.42 Å². The quantitative estimate of drug-likeness (QED) is 0.579. The molecule has 8 heteroatoms. The van der Waals surface area contributed by atoms with Crippen LogP contribution in [0.25, 0.3) is 0 Å². The van der Waals surface area contributed by atoms with Crippen molar-refractivity contribution in [3.05, 3.63) is 65.2 Å². The van der Waals surface area contributed by atoms with E-state index in [4.69, 9.17) is 16.3 Å². The van der Waals surface area contributed by atoms with Crippen molar-refractivity contribution < 1.29 is 17.9 Å². The summed E-state index contributed by atoms with van der Waals surface area (Å²) in [5, 5.41) is 0.308. The van der Waals surface area contributed by atoms with Crippen molar-refractivity contribution in [3.63, 3.8) is 0 Å². The lowest BCUT2D eigenvalue weighted by Gasteiger charge is -2.43. The van der Waals surface area contributed by atoms with Crippen LogP contribution in [-0.4, -0.2) is 50.3 Å². The van der Waals surface area contributed by atoms with Gasteiger partial charge in [0.25, 0.3) is 0 Å². The fourth-order valence-electron chi connectivity index (χ4n) is 4.56. The van der Waals surface area contributed by atoms with Gasteiger partial charge in [-0.1, -0.05) is 41.9 Å². The molecule has 5 rings (SSSR count). The Labute approximate surface area is 194 Å². The fraction of sp³-hybridized carbons (Fsp3) is 0.458. The molecule has 2 aromatic rings. The van der Waals surface area contributed by atoms with Crippen LogP contribution in [0.15, 0.2) is 54.6 Å². The molecule has 32 heavy (non-hydrogen) atoms. The smallest absolute Gasteiger partial charge is 0.249 e. The highest BCUT2D eigenvalue weighted by atomic mass is 35.5. The molecule has 1 aliphatic heterocycles. The van der Waals surface area contributed by atoms with Crippen molar-refractivity contribution in [3.8, 4) is 0 Å². The number of amides is 1. The van der Waals surface area contributed by atoms with E-state index in [9.17, 15) is 13.2 Å². The number of halogens is 1. The van der Waals surface area contributed by atoms with Crippen LogP contribution in [0.3, 0.4) is 0 Å². The van der Waals surface area contributed by atoms with Gasteiger partial charge >= 0.3 is 0 Å². The zero-order chi connectivity index (χ0) is 22.3. The van der Waals surface area contributed by atoms with Gasteiger partial charge < -0.3 is 9.64 Å². The second-order valence-corrected chi connectivity index (χ2v) is 11.5. The minimum atomic E-state index is -3.48. The van der Waals surface area contributed by atoms with Crippen molar-refractivity contribution in [1.82, 2.24) is 4.90 Å². The molecule has 0 bridgehead atoms. The normalized spacial score (nSPS) is 22.6. The number of ether oxygens (including phenoxy) is 1. The van der Waals surface area contributed by atoms with Crippen LogP contribution < -0.4 is 4.31 Å². The van der Waals surface area contributed by atoms with Gasteiger partial charge in [0.05, 0.1) is 36.2 Å². The molecule has 2 saturated carbocycles. The first-order valence-electron chi connectivity index (χ1n) is 11.2. The van der Waals surface area contributed by atoms with Gasteiger partial charge in [0, 0.05) is 5.02 Å². The van der Waals surface area contributed by atoms with Crippen molar-refractivity contribution >= 4 is 33.2 Å². The Kier molecular flexibility index (Phi) is 5.90. The Morgan fingerprint density at radius 1 is 1.03 bits per heavy atom. The average molecular weight is 475 g/mol. The van der Waals surface area contributed by atoms with Gasteiger partial charge in [-0.05, 0) is 61.4 Å². The molecule has 0 spiro atoms. The highest BCUT2D eigenvalue weighted by molar-refractivity contribution is 7.93. The van der Waals surface area contributed by atoms with E-state index >= 15 is 0 Å². The zero-order valence-corrected chi connectivity index (χ0v) is 19.3. The van der Waals surface area contributed by atoms with E-state index in [1.165, 1.54) is 0 Å². The van der Waals surface area contributed by atoms with Gasteiger partial charge in [-0.3, -0.25) is 9.10 Å². The molecule has 1 heterocycles. The SMILES string of the molecule is O=C1COCC(c2ccc(Cl)cc2)N1C(CN(c1ccccc1)S(=O)(=O)C1CC1)C1CC1. The van der Waals surface area contributed by atoms with Crippen LogP contribution >= 0.6 is 11.6 Å².